The van der Waals surface area contributed by atoms with Crippen LogP contribution in [-0.2, 0) is 6.54 Å². The summed E-state index contributed by atoms with van der Waals surface area (Å²) in [5.74, 6) is 0.872. The molecule has 1 aliphatic heterocycles. The van der Waals surface area contributed by atoms with Crippen LogP contribution in [-0.4, -0.2) is 71.6 Å². The van der Waals surface area contributed by atoms with Crippen LogP contribution in [0.25, 0.3) is 4.96 Å². The zero-order valence-corrected chi connectivity index (χ0v) is 18.9. The lowest BCUT2D eigenvalue weighted by molar-refractivity contribution is 0.127. The summed E-state index contributed by atoms with van der Waals surface area (Å²) in [4.78, 5) is 11.2. The van der Waals surface area contributed by atoms with Gasteiger partial charge in [-0.15, -0.1) is 16.4 Å². The maximum Gasteiger partial charge on any atom is 0.193 e. The van der Waals surface area contributed by atoms with Gasteiger partial charge in [0.2, 0.25) is 0 Å². The number of nitrogens with zero attached hydrogens (tertiary/aromatic N) is 8. The summed E-state index contributed by atoms with van der Waals surface area (Å²) in [5.41, 5.74) is 2.22. The van der Waals surface area contributed by atoms with Gasteiger partial charge in [0.15, 0.2) is 10.8 Å². The van der Waals surface area contributed by atoms with Crippen LogP contribution in [0.2, 0.25) is 0 Å². The Morgan fingerprint density at radius 1 is 1.03 bits per heavy atom. The molecule has 1 atom stereocenters. The smallest absolute Gasteiger partial charge is 0.193 e. The monoisotopic (exact) mass is 448 g/mol. The lowest BCUT2D eigenvalue weighted by Gasteiger charge is -2.37. The molecule has 166 valence electrons. The number of tetrazole rings is 1. The minimum absolute atomic E-state index is 0.0536. The molecule has 1 aliphatic carbocycles. The average Bonchev–Trinajstić information content (AvgIpc) is 3.44. The third-order valence-corrected chi connectivity index (χ3v) is 7.66. The van der Waals surface area contributed by atoms with E-state index in [1.807, 2.05) is 10.7 Å². The molecule has 1 saturated heterocycles. The minimum Gasteiger partial charge on any atom is -0.299 e. The first-order chi connectivity index (χ1) is 15.8. The van der Waals surface area contributed by atoms with Gasteiger partial charge in [-0.2, -0.15) is 0 Å². The van der Waals surface area contributed by atoms with Gasteiger partial charge in [0.1, 0.15) is 6.04 Å². The molecular weight excluding hydrogens is 420 g/mol. The first kappa shape index (κ1) is 20.0. The van der Waals surface area contributed by atoms with Crippen LogP contribution in [0, 0.1) is 0 Å². The highest BCUT2D eigenvalue weighted by molar-refractivity contribution is 7.15. The molecule has 3 aromatic heterocycles. The van der Waals surface area contributed by atoms with Gasteiger partial charge < -0.3 is 0 Å². The quantitative estimate of drug-likeness (QED) is 0.452. The SMILES string of the molecule is c1ccc(Cn2nnnc2C(c2cn3ccsc3n2)N2CCCN(C3CCC3)CC2)cc1. The second-order valence-corrected chi connectivity index (χ2v) is 9.72. The van der Waals surface area contributed by atoms with E-state index in [1.54, 1.807) is 11.3 Å². The topological polar surface area (TPSA) is 67.4 Å². The molecule has 4 aromatic rings. The van der Waals surface area contributed by atoms with Gasteiger partial charge in [-0.1, -0.05) is 36.8 Å². The summed E-state index contributed by atoms with van der Waals surface area (Å²) in [5, 5.41) is 15.1. The number of fused-ring (bicyclic) bond motifs is 1. The Hall–Kier alpha value is -2.62. The Morgan fingerprint density at radius 2 is 1.94 bits per heavy atom. The van der Waals surface area contributed by atoms with Crippen molar-refractivity contribution in [2.24, 2.45) is 0 Å². The molecule has 1 saturated carbocycles. The molecule has 1 unspecified atom stereocenters. The molecule has 0 radical (unpaired) electrons. The van der Waals surface area contributed by atoms with Crippen molar-refractivity contribution < 1.29 is 0 Å². The van der Waals surface area contributed by atoms with Gasteiger partial charge >= 0.3 is 0 Å². The van der Waals surface area contributed by atoms with Crippen LogP contribution >= 0.6 is 11.3 Å². The molecule has 9 heteroatoms. The van der Waals surface area contributed by atoms with Crippen LogP contribution in [0.5, 0.6) is 0 Å². The van der Waals surface area contributed by atoms with Crippen LogP contribution in [0.15, 0.2) is 48.1 Å². The Balaban J connectivity index is 1.33. The predicted molar refractivity (Wildman–Crippen MR) is 124 cm³/mol. The number of hydrogen-bond donors (Lipinski definition) is 0. The van der Waals surface area contributed by atoms with Gasteiger partial charge in [-0.3, -0.25) is 14.2 Å². The van der Waals surface area contributed by atoms with E-state index < -0.39 is 0 Å². The third kappa shape index (κ3) is 3.85. The number of imidazole rings is 1. The van der Waals surface area contributed by atoms with Crippen molar-refractivity contribution in [3.05, 3.63) is 65.2 Å². The van der Waals surface area contributed by atoms with E-state index in [0.717, 1.165) is 48.6 Å². The number of benzene rings is 1. The highest BCUT2D eigenvalue weighted by Gasteiger charge is 2.33. The molecule has 4 heterocycles. The summed E-state index contributed by atoms with van der Waals surface area (Å²) in [6, 6.07) is 11.1. The maximum atomic E-state index is 4.98. The lowest BCUT2D eigenvalue weighted by Crippen LogP contribution is -2.42. The summed E-state index contributed by atoms with van der Waals surface area (Å²) in [7, 11) is 0. The van der Waals surface area contributed by atoms with Crippen LogP contribution in [0.3, 0.4) is 0 Å². The van der Waals surface area contributed by atoms with Crippen molar-refractivity contribution >= 4 is 16.3 Å². The van der Waals surface area contributed by atoms with Crippen molar-refractivity contribution in [2.75, 3.05) is 26.2 Å². The molecule has 8 nitrogen and oxygen atoms in total. The van der Waals surface area contributed by atoms with Gasteiger partial charge in [0.25, 0.3) is 0 Å². The summed E-state index contributed by atoms with van der Waals surface area (Å²) < 4.78 is 4.05. The first-order valence-electron chi connectivity index (χ1n) is 11.6. The second-order valence-electron chi connectivity index (χ2n) is 8.85. The number of aromatic nitrogens is 6. The van der Waals surface area contributed by atoms with Crippen molar-refractivity contribution in [1.82, 2.24) is 39.4 Å². The molecule has 0 amide bonds. The van der Waals surface area contributed by atoms with Crippen molar-refractivity contribution in [1.29, 1.82) is 0 Å². The van der Waals surface area contributed by atoms with E-state index in [2.05, 4.69) is 71.8 Å². The zero-order chi connectivity index (χ0) is 21.3. The summed E-state index contributed by atoms with van der Waals surface area (Å²) >= 11 is 1.66. The molecular formula is C23H28N8S. The number of rotatable bonds is 6. The molecule has 6 rings (SSSR count). The van der Waals surface area contributed by atoms with Gasteiger partial charge in [0.05, 0.1) is 12.2 Å². The Labute approximate surface area is 191 Å². The molecule has 32 heavy (non-hydrogen) atoms. The fourth-order valence-electron chi connectivity index (χ4n) is 4.97. The molecule has 2 fully saturated rings. The highest BCUT2D eigenvalue weighted by atomic mass is 32.1. The molecule has 0 N–H and O–H groups in total. The molecule has 0 bridgehead atoms. The third-order valence-electron chi connectivity index (χ3n) is 6.89. The van der Waals surface area contributed by atoms with E-state index in [4.69, 9.17) is 4.98 Å². The van der Waals surface area contributed by atoms with E-state index in [-0.39, 0.29) is 6.04 Å². The maximum absolute atomic E-state index is 4.98. The fourth-order valence-corrected chi connectivity index (χ4v) is 5.68. The first-order valence-corrected chi connectivity index (χ1v) is 12.4. The largest absolute Gasteiger partial charge is 0.299 e. The molecule has 0 spiro atoms. The highest BCUT2D eigenvalue weighted by Crippen LogP contribution is 2.31. The standard InChI is InChI=1S/C23H28N8S/c1-2-6-18(7-3-1)16-31-22(25-26-27-31)21(20-17-30-14-15-32-23(30)24-20)29-11-5-10-28(12-13-29)19-8-4-9-19/h1-3,6-7,14-15,17,19,21H,4-5,8-13,16H2. The van der Waals surface area contributed by atoms with Crippen LogP contribution in [0.1, 0.15) is 48.8 Å². The Bertz CT molecular complexity index is 1130. The summed E-state index contributed by atoms with van der Waals surface area (Å²) in [6.45, 7) is 4.97. The van der Waals surface area contributed by atoms with E-state index >= 15 is 0 Å². The Kier molecular flexibility index (Phi) is 5.46. The van der Waals surface area contributed by atoms with Gasteiger partial charge in [-0.25, -0.2) is 9.67 Å². The predicted octanol–water partition coefficient (Wildman–Crippen LogP) is 3.08. The number of thiazole rings is 1. The zero-order valence-electron chi connectivity index (χ0n) is 18.1. The molecule has 2 aliphatic rings. The second kappa shape index (κ2) is 8.73. The normalized spacial score (nSPS) is 19.8. The minimum atomic E-state index is -0.0536. The van der Waals surface area contributed by atoms with E-state index in [0.29, 0.717) is 6.54 Å². The lowest BCUT2D eigenvalue weighted by atomic mass is 9.91. The molecule has 1 aromatic carbocycles. The Morgan fingerprint density at radius 3 is 2.75 bits per heavy atom. The van der Waals surface area contributed by atoms with Gasteiger partial charge in [0, 0.05) is 43.4 Å². The van der Waals surface area contributed by atoms with E-state index in [1.165, 1.54) is 31.4 Å². The van der Waals surface area contributed by atoms with Crippen molar-refractivity contribution in [2.45, 2.75) is 44.3 Å². The van der Waals surface area contributed by atoms with Crippen LogP contribution in [0.4, 0.5) is 0 Å². The van der Waals surface area contributed by atoms with Crippen LogP contribution < -0.4 is 0 Å². The van der Waals surface area contributed by atoms with E-state index in [9.17, 15) is 0 Å². The van der Waals surface area contributed by atoms with Gasteiger partial charge in [-0.05, 0) is 41.8 Å². The average molecular weight is 449 g/mol. The summed E-state index contributed by atoms with van der Waals surface area (Å²) in [6.07, 6.45) is 9.47. The van der Waals surface area contributed by atoms with Crippen molar-refractivity contribution in [3.8, 4) is 0 Å². The van der Waals surface area contributed by atoms with Crippen molar-refractivity contribution in [3.63, 3.8) is 0 Å². The fraction of sp³-hybridized carbons (Fsp3) is 0.478. The number of hydrogen-bond acceptors (Lipinski definition) is 7.